The number of furan rings is 1. The summed E-state index contributed by atoms with van der Waals surface area (Å²) in [6.07, 6.45) is 2.84. The van der Waals surface area contributed by atoms with Crippen LogP contribution in [0.3, 0.4) is 0 Å². The van der Waals surface area contributed by atoms with E-state index < -0.39 is 0 Å². The van der Waals surface area contributed by atoms with Gasteiger partial charge in [-0.3, -0.25) is 0 Å². The summed E-state index contributed by atoms with van der Waals surface area (Å²) >= 11 is 0. The average Bonchev–Trinajstić information content (AvgIpc) is 2.55. The van der Waals surface area contributed by atoms with Crippen LogP contribution < -0.4 is 5.73 Å². The third-order valence-corrected chi connectivity index (χ3v) is 1.35. The normalized spacial score (nSPS) is 10.2. The van der Waals surface area contributed by atoms with Gasteiger partial charge in [-0.1, -0.05) is 0 Å². The van der Waals surface area contributed by atoms with Gasteiger partial charge in [0.15, 0.2) is 17.8 Å². The summed E-state index contributed by atoms with van der Waals surface area (Å²) in [4.78, 5) is 3.87. The number of anilines is 1. The molecule has 2 heterocycles. The first kappa shape index (κ1) is 6.03. The van der Waals surface area contributed by atoms with Crippen LogP contribution in [0.4, 0.5) is 5.88 Å². The lowest BCUT2D eigenvalue weighted by Crippen LogP contribution is -1.83. The molecular weight excluding hydrogens is 144 g/mol. The second-order valence-electron chi connectivity index (χ2n) is 2.04. The number of oxazole rings is 1. The first-order valence-electron chi connectivity index (χ1n) is 3.11. The number of hydrogen-bond donors (Lipinski definition) is 1. The molecule has 0 saturated carbocycles. The average molecular weight is 150 g/mol. The molecule has 2 aromatic rings. The van der Waals surface area contributed by atoms with Gasteiger partial charge < -0.3 is 14.6 Å². The molecule has 0 amide bonds. The van der Waals surface area contributed by atoms with Gasteiger partial charge in [0, 0.05) is 0 Å². The molecule has 2 aromatic heterocycles. The highest BCUT2D eigenvalue weighted by molar-refractivity contribution is 5.63. The highest BCUT2D eigenvalue weighted by Crippen LogP contribution is 2.23. The van der Waals surface area contributed by atoms with Crippen LogP contribution in [-0.2, 0) is 0 Å². The van der Waals surface area contributed by atoms with E-state index in [9.17, 15) is 0 Å². The van der Waals surface area contributed by atoms with E-state index in [4.69, 9.17) is 14.6 Å². The smallest absolute Gasteiger partial charge is 0.222 e. The van der Waals surface area contributed by atoms with Gasteiger partial charge in [-0.05, 0) is 12.1 Å². The number of nitrogens with two attached hydrogens (primary N) is 1. The Kier molecular flexibility index (Phi) is 1.18. The molecule has 4 heteroatoms. The highest BCUT2D eigenvalue weighted by atomic mass is 16.4. The van der Waals surface area contributed by atoms with E-state index in [1.165, 1.54) is 6.39 Å². The predicted molar refractivity (Wildman–Crippen MR) is 38.6 cm³/mol. The van der Waals surface area contributed by atoms with E-state index in [2.05, 4.69) is 4.98 Å². The van der Waals surface area contributed by atoms with E-state index >= 15 is 0 Å². The molecule has 0 bridgehead atoms. The lowest BCUT2D eigenvalue weighted by molar-refractivity contribution is 0.572. The second kappa shape index (κ2) is 2.16. The van der Waals surface area contributed by atoms with Crippen LogP contribution in [0.2, 0.25) is 0 Å². The van der Waals surface area contributed by atoms with Gasteiger partial charge in [-0.2, -0.15) is 0 Å². The number of nitrogen functional groups attached to an aromatic ring is 1. The molecule has 11 heavy (non-hydrogen) atoms. The van der Waals surface area contributed by atoms with Gasteiger partial charge in [0.1, 0.15) is 0 Å². The SMILES string of the molecule is Nc1ocnc1-c1ccco1. The summed E-state index contributed by atoms with van der Waals surface area (Å²) in [5.41, 5.74) is 5.99. The molecule has 0 aliphatic rings. The Balaban J connectivity index is 2.53. The number of rotatable bonds is 1. The first-order chi connectivity index (χ1) is 5.38. The number of nitrogens with zero attached hydrogens (tertiary/aromatic N) is 1. The minimum absolute atomic E-state index is 0.278. The molecule has 0 spiro atoms. The fourth-order valence-electron chi connectivity index (χ4n) is 0.854. The zero-order valence-electron chi connectivity index (χ0n) is 5.65. The quantitative estimate of drug-likeness (QED) is 0.669. The Hall–Kier alpha value is -1.71. The molecule has 0 atom stereocenters. The summed E-state index contributed by atoms with van der Waals surface area (Å²) in [7, 11) is 0. The Labute approximate surface area is 62.6 Å². The molecule has 2 rings (SSSR count). The summed E-state index contributed by atoms with van der Waals surface area (Å²) in [5.74, 6) is 0.899. The monoisotopic (exact) mass is 150 g/mol. The minimum atomic E-state index is 0.278. The van der Waals surface area contributed by atoms with Gasteiger partial charge in [0.25, 0.3) is 0 Å². The van der Waals surface area contributed by atoms with Crippen LogP contribution in [0.25, 0.3) is 11.5 Å². The van der Waals surface area contributed by atoms with Crippen molar-refractivity contribution in [1.82, 2.24) is 4.98 Å². The fourth-order valence-corrected chi connectivity index (χ4v) is 0.854. The molecule has 0 radical (unpaired) electrons. The number of aromatic nitrogens is 1. The summed E-state index contributed by atoms with van der Waals surface area (Å²) in [6, 6.07) is 3.54. The lowest BCUT2D eigenvalue weighted by atomic mass is 10.3. The van der Waals surface area contributed by atoms with Crippen molar-refractivity contribution in [3.05, 3.63) is 24.8 Å². The van der Waals surface area contributed by atoms with Crippen molar-refractivity contribution in [1.29, 1.82) is 0 Å². The van der Waals surface area contributed by atoms with Gasteiger partial charge in [0.2, 0.25) is 5.88 Å². The maximum atomic E-state index is 5.44. The van der Waals surface area contributed by atoms with Crippen LogP contribution in [0.15, 0.2) is 33.6 Å². The third-order valence-electron chi connectivity index (χ3n) is 1.35. The topological polar surface area (TPSA) is 65.2 Å². The maximum absolute atomic E-state index is 5.44. The Morgan fingerprint density at radius 1 is 1.36 bits per heavy atom. The van der Waals surface area contributed by atoms with E-state index in [0.29, 0.717) is 11.5 Å². The van der Waals surface area contributed by atoms with Gasteiger partial charge in [0.05, 0.1) is 6.26 Å². The lowest BCUT2D eigenvalue weighted by Gasteiger charge is -1.87. The van der Waals surface area contributed by atoms with E-state index in [1.807, 2.05) is 0 Å². The van der Waals surface area contributed by atoms with Crippen molar-refractivity contribution >= 4 is 5.88 Å². The molecule has 56 valence electrons. The molecule has 0 aromatic carbocycles. The van der Waals surface area contributed by atoms with Crippen molar-refractivity contribution in [2.24, 2.45) is 0 Å². The Morgan fingerprint density at radius 2 is 2.27 bits per heavy atom. The Morgan fingerprint density at radius 3 is 2.82 bits per heavy atom. The molecule has 0 aliphatic heterocycles. The predicted octanol–water partition coefficient (Wildman–Crippen LogP) is 1.52. The van der Waals surface area contributed by atoms with Crippen molar-refractivity contribution in [2.45, 2.75) is 0 Å². The van der Waals surface area contributed by atoms with Crippen molar-refractivity contribution in [3.8, 4) is 11.5 Å². The van der Waals surface area contributed by atoms with Crippen molar-refractivity contribution in [2.75, 3.05) is 5.73 Å². The highest BCUT2D eigenvalue weighted by Gasteiger charge is 2.08. The molecular formula is C7H6N2O2. The van der Waals surface area contributed by atoms with Crippen LogP contribution >= 0.6 is 0 Å². The maximum Gasteiger partial charge on any atom is 0.222 e. The Bertz CT molecular complexity index is 337. The van der Waals surface area contributed by atoms with Crippen molar-refractivity contribution < 1.29 is 8.83 Å². The minimum Gasteiger partial charge on any atom is -0.463 e. The van der Waals surface area contributed by atoms with Gasteiger partial charge >= 0.3 is 0 Å². The third kappa shape index (κ3) is 0.881. The van der Waals surface area contributed by atoms with E-state index in [0.717, 1.165) is 0 Å². The van der Waals surface area contributed by atoms with Gasteiger partial charge in [-0.15, -0.1) is 0 Å². The van der Waals surface area contributed by atoms with Crippen LogP contribution in [-0.4, -0.2) is 4.98 Å². The first-order valence-corrected chi connectivity index (χ1v) is 3.11. The van der Waals surface area contributed by atoms with Crippen molar-refractivity contribution in [3.63, 3.8) is 0 Å². The standard InChI is InChI=1S/C7H6N2O2/c8-7-6(9-4-11-7)5-2-1-3-10-5/h1-4H,8H2. The van der Waals surface area contributed by atoms with E-state index in [-0.39, 0.29) is 5.88 Å². The summed E-state index contributed by atoms with van der Waals surface area (Å²) < 4.78 is 9.85. The number of hydrogen-bond acceptors (Lipinski definition) is 4. The van der Waals surface area contributed by atoms with Crippen LogP contribution in [0, 0.1) is 0 Å². The molecule has 0 aliphatic carbocycles. The fraction of sp³-hybridized carbons (Fsp3) is 0. The second-order valence-corrected chi connectivity index (χ2v) is 2.04. The zero-order valence-corrected chi connectivity index (χ0v) is 5.65. The summed E-state index contributed by atoms with van der Waals surface area (Å²) in [6.45, 7) is 0. The molecule has 2 N–H and O–H groups in total. The largest absolute Gasteiger partial charge is 0.463 e. The molecule has 0 unspecified atom stereocenters. The van der Waals surface area contributed by atoms with Crippen LogP contribution in [0.5, 0.6) is 0 Å². The summed E-state index contributed by atoms with van der Waals surface area (Å²) in [5, 5.41) is 0. The molecule has 4 nitrogen and oxygen atoms in total. The molecule has 0 fully saturated rings. The van der Waals surface area contributed by atoms with Gasteiger partial charge in [-0.25, -0.2) is 4.98 Å². The van der Waals surface area contributed by atoms with E-state index in [1.54, 1.807) is 18.4 Å². The molecule has 0 saturated heterocycles. The zero-order chi connectivity index (χ0) is 7.68. The van der Waals surface area contributed by atoms with Crippen LogP contribution in [0.1, 0.15) is 0 Å².